The largest absolute Gasteiger partial charge is 0.482 e. The summed E-state index contributed by atoms with van der Waals surface area (Å²) in [4.78, 5) is 16.7. The van der Waals surface area contributed by atoms with Gasteiger partial charge in [-0.15, -0.1) is 0 Å². The lowest BCUT2D eigenvalue weighted by Gasteiger charge is -2.08. The van der Waals surface area contributed by atoms with Crippen molar-refractivity contribution in [3.8, 4) is 5.75 Å². The second kappa shape index (κ2) is 6.15. The van der Waals surface area contributed by atoms with Crippen LogP contribution in [0.2, 0.25) is 0 Å². The number of carbonyl (C=O) groups excluding carboxylic acids is 1. The predicted molar refractivity (Wildman–Crippen MR) is 73.5 cm³/mol. The van der Waals surface area contributed by atoms with Crippen LogP contribution in [0.5, 0.6) is 5.75 Å². The van der Waals surface area contributed by atoms with Crippen molar-refractivity contribution in [1.82, 2.24) is 4.73 Å². The van der Waals surface area contributed by atoms with E-state index >= 15 is 0 Å². The van der Waals surface area contributed by atoms with E-state index in [9.17, 15) is 4.79 Å². The molecule has 2 aromatic rings. The lowest BCUT2D eigenvalue weighted by molar-refractivity contribution is -0.146. The third-order valence-corrected chi connectivity index (χ3v) is 2.65. The number of hydrogen-bond donors (Lipinski definition) is 0. The Morgan fingerprint density at radius 2 is 2.11 bits per heavy atom. The first kappa shape index (κ1) is 13.3. The van der Waals surface area contributed by atoms with E-state index in [-0.39, 0.29) is 6.61 Å². The summed E-state index contributed by atoms with van der Waals surface area (Å²) in [5, 5.41) is 0. The molecule has 4 nitrogen and oxygen atoms in total. The maximum Gasteiger partial charge on any atom is 0.369 e. The summed E-state index contributed by atoms with van der Waals surface area (Å²) in [5.41, 5.74) is 1.07. The number of ether oxygens (including phenoxy) is 1. The molecule has 0 amide bonds. The summed E-state index contributed by atoms with van der Waals surface area (Å²) >= 11 is 5.01. The van der Waals surface area contributed by atoms with Crippen LogP contribution in [0, 0.1) is 11.6 Å². The molecule has 98 valence electrons. The highest BCUT2D eigenvalue weighted by Gasteiger charge is 2.06. The fourth-order valence-corrected chi connectivity index (χ4v) is 1.65. The van der Waals surface area contributed by atoms with Crippen molar-refractivity contribution in [3.05, 3.63) is 58.9 Å². The Morgan fingerprint density at radius 3 is 2.84 bits per heavy atom. The molecular weight excluding hydrogens is 262 g/mol. The molecule has 0 radical (unpaired) electrons. The minimum Gasteiger partial charge on any atom is -0.482 e. The van der Waals surface area contributed by atoms with Gasteiger partial charge in [-0.25, -0.2) is 4.79 Å². The van der Waals surface area contributed by atoms with E-state index in [2.05, 4.69) is 0 Å². The van der Waals surface area contributed by atoms with Gasteiger partial charge >= 0.3 is 5.97 Å². The molecule has 19 heavy (non-hydrogen) atoms. The van der Waals surface area contributed by atoms with E-state index in [0.717, 1.165) is 5.56 Å². The van der Waals surface area contributed by atoms with Crippen LogP contribution >= 0.6 is 12.2 Å². The Bertz CT molecular complexity index is 636. The maximum absolute atomic E-state index is 11.6. The Morgan fingerprint density at radius 1 is 1.26 bits per heavy atom. The Balaban J connectivity index is 1.92. The number of hydrogen-bond acceptors (Lipinski definition) is 4. The molecule has 1 aromatic carbocycles. The van der Waals surface area contributed by atoms with Crippen molar-refractivity contribution < 1.29 is 14.4 Å². The lowest BCUT2D eigenvalue weighted by Crippen LogP contribution is -2.25. The molecule has 0 bridgehead atoms. The van der Waals surface area contributed by atoms with Crippen LogP contribution in [0.15, 0.2) is 48.7 Å². The second-order valence-electron chi connectivity index (χ2n) is 3.93. The van der Waals surface area contributed by atoms with Gasteiger partial charge in [-0.2, -0.15) is 4.73 Å². The average molecular weight is 275 g/mol. The van der Waals surface area contributed by atoms with Crippen molar-refractivity contribution in [2.75, 3.05) is 6.61 Å². The van der Waals surface area contributed by atoms with Crippen LogP contribution in [-0.2, 0) is 4.79 Å². The Hall–Kier alpha value is -2.14. The topological polar surface area (TPSA) is 40.5 Å². The van der Waals surface area contributed by atoms with E-state index < -0.39 is 5.97 Å². The van der Waals surface area contributed by atoms with Gasteiger partial charge in [-0.05, 0) is 36.8 Å². The van der Waals surface area contributed by atoms with Crippen LogP contribution in [0.4, 0.5) is 0 Å². The molecule has 0 atom stereocenters. The maximum atomic E-state index is 11.6. The molecule has 5 heteroatoms. The van der Waals surface area contributed by atoms with Crippen molar-refractivity contribution >= 4 is 18.2 Å². The SMILES string of the molecule is Cc1cccc(OCC(=O)On2ccccc2=S)c1. The summed E-state index contributed by atoms with van der Waals surface area (Å²) in [6.45, 7) is 1.79. The minimum atomic E-state index is -0.510. The van der Waals surface area contributed by atoms with Crippen molar-refractivity contribution in [1.29, 1.82) is 0 Å². The number of aromatic nitrogens is 1. The molecule has 2 rings (SSSR count). The number of nitrogens with zero attached hydrogens (tertiary/aromatic N) is 1. The molecule has 0 aliphatic heterocycles. The Kier molecular flexibility index (Phi) is 4.30. The van der Waals surface area contributed by atoms with E-state index in [1.165, 1.54) is 4.73 Å². The molecule has 0 aliphatic carbocycles. The van der Waals surface area contributed by atoms with Gasteiger partial charge in [-0.3, -0.25) is 0 Å². The first-order chi connectivity index (χ1) is 9.15. The molecule has 0 unspecified atom stereocenters. The van der Waals surface area contributed by atoms with Crippen LogP contribution in [-0.4, -0.2) is 17.3 Å². The molecule has 0 aliphatic rings. The van der Waals surface area contributed by atoms with Gasteiger partial charge in [0.1, 0.15) is 10.4 Å². The van der Waals surface area contributed by atoms with Crippen LogP contribution in [0.25, 0.3) is 0 Å². The average Bonchev–Trinajstić information content (AvgIpc) is 2.39. The van der Waals surface area contributed by atoms with Gasteiger partial charge in [-0.1, -0.05) is 30.4 Å². The molecule has 1 heterocycles. The summed E-state index contributed by atoms with van der Waals surface area (Å²) in [5.74, 6) is 0.123. The van der Waals surface area contributed by atoms with Crippen LogP contribution < -0.4 is 9.57 Å². The number of carbonyl (C=O) groups is 1. The number of pyridine rings is 1. The van der Waals surface area contributed by atoms with Crippen LogP contribution in [0.1, 0.15) is 5.56 Å². The predicted octanol–water partition coefficient (Wildman–Crippen LogP) is 2.56. The quantitative estimate of drug-likeness (QED) is 0.804. The van der Waals surface area contributed by atoms with E-state index in [1.54, 1.807) is 30.5 Å². The normalized spacial score (nSPS) is 9.95. The summed E-state index contributed by atoms with van der Waals surface area (Å²) < 4.78 is 6.99. The molecule has 0 saturated carbocycles. The van der Waals surface area contributed by atoms with Gasteiger partial charge < -0.3 is 9.57 Å². The van der Waals surface area contributed by atoms with E-state index in [0.29, 0.717) is 10.4 Å². The van der Waals surface area contributed by atoms with E-state index in [4.69, 9.17) is 21.8 Å². The second-order valence-corrected chi connectivity index (χ2v) is 4.35. The highest BCUT2D eigenvalue weighted by atomic mass is 32.1. The molecule has 1 aromatic heterocycles. The zero-order chi connectivity index (χ0) is 13.7. The lowest BCUT2D eigenvalue weighted by atomic mass is 10.2. The third kappa shape index (κ3) is 3.93. The van der Waals surface area contributed by atoms with Crippen molar-refractivity contribution in [2.45, 2.75) is 6.92 Å². The Labute approximate surface area is 116 Å². The highest BCUT2D eigenvalue weighted by Crippen LogP contribution is 2.11. The smallest absolute Gasteiger partial charge is 0.369 e. The van der Waals surface area contributed by atoms with Gasteiger partial charge in [0.15, 0.2) is 6.61 Å². The zero-order valence-electron chi connectivity index (χ0n) is 10.4. The van der Waals surface area contributed by atoms with Gasteiger partial charge in [0.25, 0.3) is 0 Å². The van der Waals surface area contributed by atoms with Crippen molar-refractivity contribution in [3.63, 3.8) is 0 Å². The number of benzene rings is 1. The van der Waals surface area contributed by atoms with Gasteiger partial charge in [0.05, 0.1) is 0 Å². The van der Waals surface area contributed by atoms with E-state index in [1.807, 2.05) is 25.1 Å². The summed E-state index contributed by atoms with van der Waals surface area (Å²) in [7, 11) is 0. The first-order valence-corrected chi connectivity index (χ1v) is 6.14. The van der Waals surface area contributed by atoms with Gasteiger partial charge in [0.2, 0.25) is 0 Å². The van der Waals surface area contributed by atoms with Gasteiger partial charge in [0, 0.05) is 6.20 Å². The standard InChI is InChI=1S/C14H13NO3S/c1-11-5-4-6-12(9-11)17-10-14(16)18-15-8-3-2-7-13(15)19/h2-9H,10H2,1H3. The molecule has 0 N–H and O–H groups in total. The molecular formula is C14H13NO3S. The monoisotopic (exact) mass is 275 g/mol. The fraction of sp³-hybridized carbons (Fsp3) is 0.143. The minimum absolute atomic E-state index is 0.167. The molecule has 0 saturated heterocycles. The highest BCUT2D eigenvalue weighted by molar-refractivity contribution is 7.71. The fourth-order valence-electron chi connectivity index (χ4n) is 1.47. The zero-order valence-corrected chi connectivity index (χ0v) is 11.2. The third-order valence-electron chi connectivity index (χ3n) is 2.33. The number of aryl methyl sites for hydroxylation is 1. The first-order valence-electron chi connectivity index (χ1n) is 5.73. The summed E-state index contributed by atoms with van der Waals surface area (Å²) in [6, 6.07) is 12.6. The molecule has 0 fully saturated rings. The van der Waals surface area contributed by atoms with Crippen LogP contribution in [0.3, 0.4) is 0 Å². The molecule has 0 spiro atoms. The number of rotatable bonds is 4. The summed E-state index contributed by atoms with van der Waals surface area (Å²) in [6.07, 6.45) is 1.58. The van der Waals surface area contributed by atoms with Crippen molar-refractivity contribution in [2.24, 2.45) is 0 Å².